The molecule has 1 fully saturated rings. The maximum Gasteiger partial charge on any atom is 0.253 e. The molecule has 35 heavy (non-hydrogen) atoms. The molecule has 7 heteroatoms. The third-order valence-electron chi connectivity index (χ3n) is 6.69. The Kier molecular flexibility index (Phi) is 8.18. The minimum absolute atomic E-state index is 0.0408. The van der Waals surface area contributed by atoms with E-state index < -0.39 is 5.82 Å². The Hall–Kier alpha value is -3.19. The van der Waals surface area contributed by atoms with Crippen LogP contribution in [-0.2, 0) is 6.54 Å². The van der Waals surface area contributed by atoms with Crippen LogP contribution in [0.15, 0.2) is 54.6 Å². The molecule has 1 aliphatic rings. The van der Waals surface area contributed by atoms with E-state index in [1.54, 1.807) is 0 Å². The van der Waals surface area contributed by atoms with Crippen molar-refractivity contribution in [3.8, 4) is 11.3 Å². The van der Waals surface area contributed by atoms with Crippen LogP contribution in [0.4, 0.5) is 14.5 Å². The fourth-order valence-corrected chi connectivity index (χ4v) is 4.78. The Labute approximate surface area is 206 Å². The molecule has 1 aliphatic heterocycles. The van der Waals surface area contributed by atoms with Crippen molar-refractivity contribution in [1.29, 1.82) is 0 Å². The number of hydrogen-bond donors (Lipinski definition) is 1. The molecule has 0 aliphatic carbocycles. The van der Waals surface area contributed by atoms with Crippen LogP contribution in [0.2, 0.25) is 0 Å². The number of halogens is 2. The Morgan fingerprint density at radius 1 is 0.971 bits per heavy atom. The van der Waals surface area contributed by atoms with Crippen LogP contribution in [-0.4, -0.2) is 54.6 Å². The zero-order valence-corrected chi connectivity index (χ0v) is 20.6. The van der Waals surface area contributed by atoms with Gasteiger partial charge in [0.05, 0.1) is 11.3 Å². The van der Waals surface area contributed by atoms with Crippen molar-refractivity contribution in [2.24, 2.45) is 0 Å². The molecule has 0 radical (unpaired) electrons. The highest BCUT2D eigenvalue weighted by Gasteiger charge is 2.21. The maximum atomic E-state index is 14.0. The predicted octanol–water partition coefficient (Wildman–Crippen LogP) is 5.09. The van der Waals surface area contributed by atoms with E-state index in [1.165, 1.54) is 12.1 Å². The number of nitrogens with zero attached hydrogens (tertiary/aromatic N) is 3. The Bertz CT molecular complexity index is 1140. The minimum Gasteiger partial charge on any atom is -0.367 e. The Balaban J connectivity index is 1.27. The summed E-state index contributed by atoms with van der Waals surface area (Å²) in [4.78, 5) is 17.2. The molecule has 0 unspecified atom stereocenters. The number of nitrogens with one attached hydrogen (secondary N) is 1. The normalized spacial score (nSPS) is 14.3. The lowest BCUT2D eigenvalue weighted by Gasteiger charge is -2.36. The molecular weight excluding hydrogens is 446 g/mol. The van der Waals surface area contributed by atoms with Crippen molar-refractivity contribution in [1.82, 2.24) is 14.8 Å². The molecule has 186 valence electrons. The molecule has 1 saturated heterocycles. The van der Waals surface area contributed by atoms with E-state index in [1.807, 2.05) is 36.1 Å². The van der Waals surface area contributed by atoms with Crippen molar-refractivity contribution in [3.63, 3.8) is 0 Å². The first-order valence-corrected chi connectivity index (χ1v) is 12.4. The Morgan fingerprint density at radius 2 is 1.71 bits per heavy atom. The first-order valence-electron chi connectivity index (χ1n) is 12.4. The van der Waals surface area contributed by atoms with Crippen LogP contribution in [0.25, 0.3) is 11.3 Å². The minimum atomic E-state index is -0.421. The molecule has 0 saturated carbocycles. The topological polar surface area (TPSA) is 40.5 Å². The second kappa shape index (κ2) is 11.5. The number of carbonyl (C=O) groups excluding carboxylic acids is 1. The van der Waals surface area contributed by atoms with Gasteiger partial charge in [-0.1, -0.05) is 37.3 Å². The summed E-state index contributed by atoms with van der Waals surface area (Å²) in [5.74, 6) is -0.849. The fourth-order valence-electron chi connectivity index (χ4n) is 4.78. The summed E-state index contributed by atoms with van der Waals surface area (Å²) < 4.78 is 29.8. The van der Waals surface area contributed by atoms with Crippen LogP contribution in [0.1, 0.15) is 35.8 Å². The quantitative estimate of drug-likeness (QED) is 0.434. The second-order valence-corrected chi connectivity index (χ2v) is 9.08. The lowest BCUT2D eigenvalue weighted by atomic mass is 10.1. The summed E-state index contributed by atoms with van der Waals surface area (Å²) in [6.45, 7) is 9.33. The summed E-state index contributed by atoms with van der Waals surface area (Å²) in [6.07, 6.45) is 1.83. The average Bonchev–Trinajstić information content (AvgIpc) is 3.20. The molecule has 2 heterocycles. The smallest absolute Gasteiger partial charge is 0.253 e. The van der Waals surface area contributed by atoms with E-state index in [0.29, 0.717) is 25.3 Å². The van der Waals surface area contributed by atoms with Gasteiger partial charge in [0.2, 0.25) is 0 Å². The van der Waals surface area contributed by atoms with Crippen LogP contribution in [0.3, 0.4) is 0 Å². The van der Waals surface area contributed by atoms with Crippen molar-refractivity contribution in [3.05, 3.63) is 77.5 Å². The zero-order chi connectivity index (χ0) is 24.8. The maximum absolute atomic E-state index is 14.0. The van der Waals surface area contributed by atoms with Gasteiger partial charge in [-0.25, -0.2) is 8.78 Å². The van der Waals surface area contributed by atoms with Gasteiger partial charge in [-0.05, 0) is 50.1 Å². The van der Waals surface area contributed by atoms with E-state index in [0.717, 1.165) is 67.6 Å². The summed E-state index contributed by atoms with van der Waals surface area (Å²) in [6, 6.07) is 15.8. The van der Waals surface area contributed by atoms with Gasteiger partial charge in [0.15, 0.2) is 0 Å². The number of benzene rings is 2. The van der Waals surface area contributed by atoms with Crippen LogP contribution in [0, 0.1) is 18.6 Å². The van der Waals surface area contributed by atoms with Crippen molar-refractivity contribution < 1.29 is 13.6 Å². The van der Waals surface area contributed by atoms with Crippen molar-refractivity contribution in [2.45, 2.75) is 33.2 Å². The van der Waals surface area contributed by atoms with E-state index in [9.17, 15) is 13.6 Å². The SMILES string of the molecule is CCCn1c(-c2ccccc2)cc(C(=O)NCCCN2CCN(c3cc(F)ccc3F)CC2)c1C. The monoisotopic (exact) mass is 480 g/mol. The summed E-state index contributed by atoms with van der Waals surface area (Å²) in [7, 11) is 0. The largest absolute Gasteiger partial charge is 0.367 e. The van der Waals surface area contributed by atoms with E-state index in [4.69, 9.17) is 0 Å². The molecule has 1 amide bonds. The molecule has 4 rings (SSSR count). The van der Waals surface area contributed by atoms with Gasteiger partial charge in [0.25, 0.3) is 5.91 Å². The molecule has 0 bridgehead atoms. The molecular formula is C28H34F2N4O. The number of amides is 1. The zero-order valence-electron chi connectivity index (χ0n) is 20.6. The molecule has 1 aromatic heterocycles. The number of anilines is 1. The van der Waals surface area contributed by atoms with E-state index in [2.05, 4.69) is 33.8 Å². The standard InChI is InChI=1S/C28H34F2N4O/c1-3-13-34-21(2)24(20-26(34)22-8-5-4-6-9-22)28(35)31-12-7-14-32-15-17-33(18-16-32)27-19-23(29)10-11-25(27)30/h4-6,8-11,19-20H,3,7,12-18H2,1-2H3,(H,31,35). The van der Waals surface area contributed by atoms with Crippen LogP contribution in [0.5, 0.6) is 0 Å². The number of piperazine rings is 1. The van der Waals surface area contributed by atoms with Crippen molar-refractivity contribution >= 4 is 11.6 Å². The van der Waals surface area contributed by atoms with Gasteiger partial charge in [-0.15, -0.1) is 0 Å². The first-order chi connectivity index (χ1) is 17.0. The summed E-state index contributed by atoms with van der Waals surface area (Å²) in [5, 5.41) is 3.08. The first kappa shape index (κ1) is 24.9. The third kappa shape index (κ3) is 5.90. The van der Waals surface area contributed by atoms with Gasteiger partial charge < -0.3 is 14.8 Å². The average molecular weight is 481 g/mol. The Morgan fingerprint density at radius 3 is 2.43 bits per heavy atom. The molecule has 2 aromatic carbocycles. The molecule has 0 spiro atoms. The van der Waals surface area contributed by atoms with Gasteiger partial charge in [-0.3, -0.25) is 9.69 Å². The van der Waals surface area contributed by atoms with Crippen LogP contribution >= 0.6 is 0 Å². The lowest BCUT2D eigenvalue weighted by molar-refractivity contribution is 0.0950. The van der Waals surface area contributed by atoms with Crippen LogP contribution < -0.4 is 10.2 Å². The molecule has 0 atom stereocenters. The lowest BCUT2D eigenvalue weighted by Crippen LogP contribution is -2.47. The summed E-state index contributed by atoms with van der Waals surface area (Å²) >= 11 is 0. The van der Waals surface area contributed by atoms with Crippen molar-refractivity contribution in [2.75, 3.05) is 44.2 Å². The fraction of sp³-hybridized carbons (Fsp3) is 0.393. The van der Waals surface area contributed by atoms with Gasteiger partial charge >= 0.3 is 0 Å². The van der Waals surface area contributed by atoms with Gasteiger partial charge in [0, 0.05) is 56.7 Å². The third-order valence-corrected chi connectivity index (χ3v) is 6.69. The highest BCUT2D eigenvalue weighted by Crippen LogP contribution is 2.26. The van der Waals surface area contributed by atoms with E-state index in [-0.39, 0.29) is 11.7 Å². The molecule has 3 aromatic rings. The number of hydrogen-bond acceptors (Lipinski definition) is 3. The highest BCUT2D eigenvalue weighted by molar-refractivity contribution is 5.97. The number of aromatic nitrogens is 1. The van der Waals surface area contributed by atoms with Gasteiger partial charge in [0.1, 0.15) is 11.6 Å². The summed E-state index contributed by atoms with van der Waals surface area (Å²) in [5.41, 5.74) is 4.23. The number of rotatable bonds is 9. The van der Waals surface area contributed by atoms with Gasteiger partial charge in [-0.2, -0.15) is 0 Å². The number of carbonyl (C=O) groups is 1. The highest BCUT2D eigenvalue weighted by atomic mass is 19.1. The molecule has 1 N–H and O–H groups in total. The van der Waals surface area contributed by atoms with E-state index >= 15 is 0 Å². The molecule has 5 nitrogen and oxygen atoms in total. The predicted molar refractivity (Wildman–Crippen MR) is 137 cm³/mol. The second-order valence-electron chi connectivity index (χ2n) is 9.08.